The third-order valence-electron chi connectivity index (χ3n) is 3.29. The Bertz CT molecular complexity index is 620. The Morgan fingerprint density at radius 1 is 1.21 bits per heavy atom. The van der Waals surface area contributed by atoms with E-state index in [1.54, 1.807) is 12.3 Å². The number of hydrogen-bond donors (Lipinski definition) is 0. The number of ether oxygens (including phenoxy) is 2. The van der Waals surface area contributed by atoms with E-state index in [0.29, 0.717) is 32.0 Å². The number of amides is 1. The standard InChI is InChI=1S/C18H21BrN2O3/c1-2-23-12-6-11-21(17-10-9-16(19)13-20-17)18(22)24-14-15-7-4-3-5-8-15/h3-5,7-10,13H,2,6,11-12,14H2,1H3. The van der Waals surface area contributed by atoms with Crippen LogP contribution in [-0.4, -0.2) is 30.8 Å². The molecular formula is C18H21BrN2O3. The highest BCUT2D eigenvalue weighted by Crippen LogP contribution is 2.17. The van der Waals surface area contributed by atoms with Gasteiger partial charge in [-0.2, -0.15) is 0 Å². The Balaban J connectivity index is 2.00. The average molecular weight is 393 g/mol. The van der Waals surface area contributed by atoms with E-state index in [1.807, 2.05) is 43.3 Å². The van der Waals surface area contributed by atoms with Gasteiger partial charge in [0, 0.05) is 30.4 Å². The minimum absolute atomic E-state index is 0.234. The maximum absolute atomic E-state index is 12.5. The number of anilines is 1. The molecule has 6 heteroatoms. The second kappa shape index (κ2) is 10.1. The number of rotatable bonds is 8. The highest BCUT2D eigenvalue weighted by atomic mass is 79.9. The van der Waals surface area contributed by atoms with Gasteiger partial charge in [-0.3, -0.25) is 4.90 Å². The zero-order valence-corrected chi connectivity index (χ0v) is 15.2. The van der Waals surface area contributed by atoms with Gasteiger partial charge in [0.1, 0.15) is 12.4 Å². The zero-order valence-electron chi connectivity index (χ0n) is 13.7. The summed E-state index contributed by atoms with van der Waals surface area (Å²) in [6, 6.07) is 13.2. The first-order chi connectivity index (χ1) is 11.7. The van der Waals surface area contributed by atoms with Crippen molar-refractivity contribution in [2.45, 2.75) is 20.0 Å². The smallest absolute Gasteiger partial charge is 0.415 e. The van der Waals surface area contributed by atoms with Crippen molar-refractivity contribution < 1.29 is 14.3 Å². The van der Waals surface area contributed by atoms with Gasteiger partial charge < -0.3 is 9.47 Å². The van der Waals surface area contributed by atoms with Crippen LogP contribution in [0, 0.1) is 0 Å². The third kappa shape index (κ3) is 5.94. The number of nitrogens with zero attached hydrogens (tertiary/aromatic N) is 2. The first-order valence-electron chi connectivity index (χ1n) is 7.88. The molecular weight excluding hydrogens is 372 g/mol. The van der Waals surface area contributed by atoms with Gasteiger partial charge in [-0.05, 0) is 47.0 Å². The number of carbonyl (C=O) groups excluding carboxylic acids is 1. The molecule has 2 rings (SSSR count). The summed E-state index contributed by atoms with van der Waals surface area (Å²) in [6.07, 6.45) is 1.96. The molecule has 0 saturated carbocycles. The number of aromatic nitrogens is 1. The molecule has 0 aliphatic rings. The van der Waals surface area contributed by atoms with E-state index >= 15 is 0 Å². The van der Waals surface area contributed by atoms with E-state index in [9.17, 15) is 4.79 Å². The van der Waals surface area contributed by atoms with E-state index in [1.165, 1.54) is 4.90 Å². The largest absolute Gasteiger partial charge is 0.444 e. The van der Waals surface area contributed by atoms with Gasteiger partial charge in [0.25, 0.3) is 0 Å². The quantitative estimate of drug-likeness (QED) is 0.624. The lowest BCUT2D eigenvalue weighted by Gasteiger charge is -2.21. The van der Waals surface area contributed by atoms with Gasteiger partial charge in [-0.1, -0.05) is 30.3 Å². The van der Waals surface area contributed by atoms with Crippen molar-refractivity contribution in [1.29, 1.82) is 0 Å². The molecule has 2 aromatic rings. The Morgan fingerprint density at radius 3 is 2.67 bits per heavy atom. The Labute approximate surface area is 150 Å². The molecule has 1 amide bonds. The fourth-order valence-corrected chi connectivity index (χ4v) is 2.33. The normalized spacial score (nSPS) is 10.4. The van der Waals surface area contributed by atoms with Crippen LogP contribution in [0.3, 0.4) is 0 Å². The van der Waals surface area contributed by atoms with Crippen molar-refractivity contribution in [2.75, 3.05) is 24.7 Å². The van der Waals surface area contributed by atoms with Crippen molar-refractivity contribution in [1.82, 2.24) is 4.98 Å². The van der Waals surface area contributed by atoms with E-state index in [2.05, 4.69) is 20.9 Å². The van der Waals surface area contributed by atoms with Crippen LogP contribution in [0.5, 0.6) is 0 Å². The van der Waals surface area contributed by atoms with Crippen LogP contribution in [0.2, 0.25) is 0 Å². The summed E-state index contributed by atoms with van der Waals surface area (Å²) >= 11 is 3.35. The predicted octanol–water partition coefficient (Wildman–Crippen LogP) is 4.41. The first kappa shape index (κ1) is 18.4. The lowest BCUT2D eigenvalue weighted by molar-refractivity contribution is 0.137. The van der Waals surface area contributed by atoms with Gasteiger partial charge in [-0.25, -0.2) is 9.78 Å². The summed E-state index contributed by atoms with van der Waals surface area (Å²) in [6.45, 7) is 3.92. The fourth-order valence-electron chi connectivity index (χ4n) is 2.09. The molecule has 0 aliphatic heterocycles. The van der Waals surface area contributed by atoms with E-state index < -0.39 is 6.09 Å². The van der Waals surface area contributed by atoms with Crippen LogP contribution in [-0.2, 0) is 16.1 Å². The van der Waals surface area contributed by atoms with Gasteiger partial charge in [0.15, 0.2) is 0 Å². The summed E-state index contributed by atoms with van der Waals surface area (Å²) in [5, 5.41) is 0. The molecule has 1 aromatic carbocycles. The number of carbonyl (C=O) groups is 1. The first-order valence-corrected chi connectivity index (χ1v) is 8.67. The number of halogens is 1. The van der Waals surface area contributed by atoms with Crippen molar-refractivity contribution >= 4 is 27.8 Å². The Hall–Kier alpha value is -1.92. The van der Waals surface area contributed by atoms with Gasteiger partial charge in [-0.15, -0.1) is 0 Å². The summed E-state index contributed by atoms with van der Waals surface area (Å²) in [5.74, 6) is 0.563. The minimum atomic E-state index is -0.412. The minimum Gasteiger partial charge on any atom is -0.444 e. The molecule has 0 unspecified atom stereocenters. The molecule has 128 valence electrons. The molecule has 24 heavy (non-hydrogen) atoms. The summed E-state index contributed by atoms with van der Waals surface area (Å²) < 4.78 is 11.6. The maximum Gasteiger partial charge on any atom is 0.415 e. The molecule has 0 aliphatic carbocycles. The Kier molecular flexibility index (Phi) is 7.71. The monoisotopic (exact) mass is 392 g/mol. The molecule has 1 aromatic heterocycles. The molecule has 0 spiro atoms. The molecule has 0 bridgehead atoms. The van der Waals surface area contributed by atoms with Crippen LogP contribution < -0.4 is 4.90 Å². The van der Waals surface area contributed by atoms with Gasteiger partial charge >= 0.3 is 6.09 Å². The zero-order chi connectivity index (χ0) is 17.2. The maximum atomic E-state index is 12.5. The van der Waals surface area contributed by atoms with Gasteiger partial charge in [0.05, 0.1) is 0 Å². The summed E-state index contributed by atoms with van der Waals surface area (Å²) in [4.78, 5) is 18.3. The summed E-state index contributed by atoms with van der Waals surface area (Å²) in [7, 11) is 0. The molecule has 0 saturated heterocycles. The van der Waals surface area contributed by atoms with Crippen molar-refractivity contribution in [3.63, 3.8) is 0 Å². The van der Waals surface area contributed by atoms with Crippen LogP contribution in [0.1, 0.15) is 18.9 Å². The lowest BCUT2D eigenvalue weighted by Crippen LogP contribution is -2.33. The van der Waals surface area contributed by atoms with Crippen LogP contribution in [0.25, 0.3) is 0 Å². The number of benzene rings is 1. The average Bonchev–Trinajstić information content (AvgIpc) is 2.62. The van der Waals surface area contributed by atoms with Gasteiger partial charge in [0.2, 0.25) is 0 Å². The molecule has 0 radical (unpaired) electrons. The van der Waals surface area contributed by atoms with Crippen molar-refractivity contribution in [3.05, 3.63) is 58.7 Å². The Morgan fingerprint density at radius 2 is 2.00 bits per heavy atom. The van der Waals surface area contributed by atoms with E-state index in [0.717, 1.165) is 10.0 Å². The van der Waals surface area contributed by atoms with Crippen molar-refractivity contribution in [3.8, 4) is 0 Å². The van der Waals surface area contributed by atoms with E-state index in [4.69, 9.17) is 9.47 Å². The SMILES string of the molecule is CCOCCCN(C(=O)OCc1ccccc1)c1ccc(Br)cn1. The predicted molar refractivity (Wildman–Crippen MR) is 97.0 cm³/mol. The van der Waals surface area contributed by atoms with Crippen LogP contribution in [0.15, 0.2) is 53.1 Å². The highest BCUT2D eigenvalue weighted by molar-refractivity contribution is 9.10. The fraction of sp³-hybridized carbons (Fsp3) is 0.333. The second-order valence-electron chi connectivity index (χ2n) is 5.08. The number of pyridine rings is 1. The molecule has 1 heterocycles. The van der Waals surface area contributed by atoms with Crippen LogP contribution in [0.4, 0.5) is 10.6 Å². The molecule has 0 fully saturated rings. The lowest BCUT2D eigenvalue weighted by atomic mass is 10.2. The molecule has 0 atom stereocenters. The van der Waals surface area contributed by atoms with E-state index in [-0.39, 0.29) is 6.61 Å². The van der Waals surface area contributed by atoms with Crippen LogP contribution >= 0.6 is 15.9 Å². The van der Waals surface area contributed by atoms with Crippen molar-refractivity contribution in [2.24, 2.45) is 0 Å². The molecule has 0 N–H and O–H groups in total. The number of hydrogen-bond acceptors (Lipinski definition) is 4. The molecule has 5 nitrogen and oxygen atoms in total. The highest BCUT2D eigenvalue weighted by Gasteiger charge is 2.18. The summed E-state index contributed by atoms with van der Waals surface area (Å²) in [5.41, 5.74) is 0.948. The topological polar surface area (TPSA) is 51.7 Å². The third-order valence-corrected chi connectivity index (χ3v) is 3.76. The second-order valence-corrected chi connectivity index (χ2v) is 5.99.